The summed E-state index contributed by atoms with van der Waals surface area (Å²) in [6.45, 7) is 22.6. The lowest BCUT2D eigenvalue weighted by atomic mass is 9.97. The van der Waals surface area contributed by atoms with Crippen molar-refractivity contribution in [3.63, 3.8) is 0 Å². The zero-order valence-electron chi connectivity index (χ0n) is 24.6. The number of furan rings is 1. The first kappa shape index (κ1) is 31.5. The maximum atomic E-state index is 9.57. The fraction of sp³-hybridized carbons (Fsp3) is 0.655. The molecule has 4 N–H and O–H groups in total. The van der Waals surface area contributed by atoms with E-state index in [9.17, 15) is 5.11 Å². The maximum Gasteiger partial charge on any atom is 0.224 e. The van der Waals surface area contributed by atoms with E-state index in [0.717, 1.165) is 59.2 Å². The Bertz CT molecular complexity index is 953. The van der Waals surface area contributed by atoms with Gasteiger partial charge in [0.15, 0.2) is 0 Å². The van der Waals surface area contributed by atoms with Crippen molar-refractivity contribution in [3.05, 3.63) is 28.8 Å². The van der Waals surface area contributed by atoms with Gasteiger partial charge in [0.05, 0.1) is 11.3 Å². The van der Waals surface area contributed by atoms with Gasteiger partial charge in [-0.2, -0.15) is 4.98 Å². The number of hydrogen-bond donors (Lipinski definition) is 4. The van der Waals surface area contributed by atoms with Crippen molar-refractivity contribution < 1.29 is 9.52 Å². The lowest BCUT2D eigenvalue weighted by Crippen LogP contribution is -2.21. The molecule has 0 aliphatic rings. The number of allylic oxidation sites excluding steroid dienone is 1. The van der Waals surface area contributed by atoms with Crippen LogP contribution in [0.15, 0.2) is 16.2 Å². The van der Waals surface area contributed by atoms with Crippen LogP contribution >= 0.6 is 0 Å². The van der Waals surface area contributed by atoms with E-state index in [1.807, 2.05) is 34.7 Å². The number of aryl methyl sites for hydroxylation is 2. The van der Waals surface area contributed by atoms with Gasteiger partial charge in [-0.1, -0.05) is 61.8 Å². The Hall–Kier alpha value is -2.54. The van der Waals surface area contributed by atoms with Crippen LogP contribution in [0.25, 0.3) is 17.4 Å². The number of hydrogen-bond acceptors (Lipinski definition) is 7. The summed E-state index contributed by atoms with van der Waals surface area (Å²) in [5, 5.41) is 19.7. The monoisotopic (exact) mass is 501 g/mol. The minimum absolute atomic E-state index is 0.111. The van der Waals surface area contributed by atoms with E-state index in [1.54, 1.807) is 0 Å². The average Bonchev–Trinajstić information content (AvgIpc) is 3.18. The number of nitrogens with zero attached hydrogens (tertiary/aromatic N) is 2. The molecular weight excluding hydrogens is 450 g/mol. The topological polar surface area (TPSA) is 95.2 Å². The summed E-state index contributed by atoms with van der Waals surface area (Å²) < 4.78 is 6.22. The highest BCUT2D eigenvalue weighted by atomic mass is 16.3. The van der Waals surface area contributed by atoms with E-state index in [1.165, 1.54) is 0 Å². The highest BCUT2D eigenvalue weighted by molar-refractivity contribution is 5.77. The van der Waals surface area contributed by atoms with Crippen LogP contribution < -0.4 is 16.0 Å². The minimum Gasteiger partial charge on any atom is -0.461 e. The van der Waals surface area contributed by atoms with Gasteiger partial charge in [0.1, 0.15) is 17.3 Å². The molecule has 0 aliphatic heterocycles. The molecule has 0 spiro atoms. The van der Waals surface area contributed by atoms with E-state index in [-0.39, 0.29) is 17.9 Å². The van der Waals surface area contributed by atoms with Crippen molar-refractivity contribution in [3.8, 4) is 11.3 Å². The highest BCUT2D eigenvalue weighted by Crippen LogP contribution is 2.34. The molecule has 2 heterocycles. The number of rotatable bonds is 12. The molecule has 0 saturated carbocycles. The first-order valence-corrected chi connectivity index (χ1v) is 13.5. The van der Waals surface area contributed by atoms with Crippen molar-refractivity contribution in [2.75, 3.05) is 37.4 Å². The van der Waals surface area contributed by atoms with Gasteiger partial charge in [-0.05, 0) is 49.7 Å². The van der Waals surface area contributed by atoms with Gasteiger partial charge < -0.3 is 25.5 Å². The van der Waals surface area contributed by atoms with Gasteiger partial charge in [-0.25, -0.2) is 4.98 Å². The molecule has 7 nitrogen and oxygen atoms in total. The van der Waals surface area contributed by atoms with Crippen LogP contribution in [0.1, 0.15) is 85.2 Å². The van der Waals surface area contributed by atoms with Crippen LogP contribution in [0.5, 0.6) is 0 Å². The summed E-state index contributed by atoms with van der Waals surface area (Å²) in [5.74, 6) is 3.62. The second-order valence-electron chi connectivity index (χ2n) is 10.6. The van der Waals surface area contributed by atoms with Crippen LogP contribution in [0.4, 0.5) is 11.8 Å². The Morgan fingerprint density at radius 1 is 1.14 bits per heavy atom. The Balaban J connectivity index is 0.00000316. The molecule has 0 aromatic carbocycles. The number of aromatic nitrogens is 2. The average molecular weight is 502 g/mol. The fourth-order valence-corrected chi connectivity index (χ4v) is 3.70. The van der Waals surface area contributed by atoms with Crippen molar-refractivity contribution in [2.24, 2.45) is 17.3 Å². The second-order valence-corrected chi connectivity index (χ2v) is 10.6. The number of aliphatic hydroxyl groups excluding tert-OH is 1. The predicted molar refractivity (Wildman–Crippen MR) is 154 cm³/mol. The van der Waals surface area contributed by atoms with Crippen molar-refractivity contribution in [2.45, 2.75) is 82.1 Å². The second kappa shape index (κ2) is 14.9. The van der Waals surface area contributed by atoms with Gasteiger partial charge in [0, 0.05) is 38.0 Å². The summed E-state index contributed by atoms with van der Waals surface area (Å²) in [4.78, 5) is 9.57. The summed E-state index contributed by atoms with van der Waals surface area (Å²) in [6, 6.07) is 2.07. The molecule has 36 heavy (non-hydrogen) atoms. The minimum atomic E-state index is 0.111. The van der Waals surface area contributed by atoms with Crippen molar-refractivity contribution >= 4 is 17.8 Å². The molecular formula is C29H51N5O2. The largest absolute Gasteiger partial charge is 0.461 e. The Morgan fingerprint density at radius 2 is 1.81 bits per heavy atom. The summed E-state index contributed by atoms with van der Waals surface area (Å²) >= 11 is 0. The third kappa shape index (κ3) is 9.49. The standard InChI is InChI=1S/C27H45N5O2.C2H6/c1-10-20(15-33)11-12-29-25-24(18(4)31-26(32-25)30-16-27(6,7)8)23-14-21(19(5)34-23)13-22(28-9)17(2)3;1-2/h13-14,17,20,28,33H,10-12,15-16H2,1-9H3,(H2,29,30,31,32);1-2H3/b22-13-;. The number of aliphatic hydroxyl groups is 1. The highest BCUT2D eigenvalue weighted by Gasteiger charge is 2.20. The normalized spacial score (nSPS) is 12.8. The van der Waals surface area contributed by atoms with Crippen LogP contribution in [0, 0.1) is 31.1 Å². The molecule has 0 radical (unpaired) electrons. The van der Waals surface area contributed by atoms with E-state index in [2.05, 4.69) is 69.6 Å². The third-order valence-electron chi connectivity index (χ3n) is 5.97. The van der Waals surface area contributed by atoms with Crippen LogP contribution in [-0.4, -0.2) is 41.8 Å². The quantitative estimate of drug-likeness (QED) is 0.252. The maximum absolute atomic E-state index is 9.57. The summed E-state index contributed by atoms with van der Waals surface area (Å²) in [7, 11) is 1.95. The molecule has 1 atom stereocenters. The van der Waals surface area contributed by atoms with Crippen molar-refractivity contribution in [1.82, 2.24) is 15.3 Å². The first-order valence-electron chi connectivity index (χ1n) is 13.5. The Kier molecular flexibility index (Phi) is 13.0. The molecule has 2 aromatic heterocycles. The molecule has 0 amide bonds. The zero-order valence-corrected chi connectivity index (χ0v) is 24.6. The Labute approximate surface area is 219 Å². The fourth-order valence-electron chi connectivity index (χ4n) is 3.70. The van der Waals surface area contributed by atoms with Crippen LogP contribution in [0.3, 0.4) is 0 Å². The Morgan fingerprint density at radius 3 is 2.33 bits per heavy atom. The molecule has 0 fully saturated rings. The van der Waals surface area contributed by atoms with Crippen LogP contribution in [-0.2, 0) is 0 Å². The van der Waals surface area contributed by atoms with E-state index < -0.39 is 0 Å². The summed E-state index contributed by atoms with van der Waals surface area (Å²) in [5.41, 5.74) is 4.03. The van der Waals surface area contributed by atoms with Gasteiger partial charge in [-0.15, -0.1) is 0 Å². The van der Waals surface area contributed by atoms with Gasteiger partial charge >= 0.3 is 0 Å². The number of nitrogens with one attached hydrogen (secondary N) is 3. The van der Waals surface area contributed by atoms with Gasteiger partial charge in [0.25, 0.3) is 0 Å². The lowest BCUT2D eigenvalue weighted by molar-refractivity contribution is 0.217. The first-order chi connectivity index (χ1) is 17.0. The lowest BCUT2D eigenvalue weighted by Gasteiger charge is -2.20. The smallest absolute Gasteiger partial charge is 0.224 e. The number of anilines is 2. The SMILES string of the molecule is CC.CCC(CO)CCNc1nc(NCC(C)(C)C)nc(C)c1-c1cc(/C=C(\NC)C(C)C)c(C)o1. The van der Waals surface area contributed by atoms with Gasteiger partial charge in [-0.3, -0.25) is 0 Å². The molecule has 0 bridgehead atoms. The van der Waals surface area contributed by atoms with Crippen molar-refractivity contribution in [1.29, 1.82) is 0 Å². The molecule has 1 unspecified atom stereocenters. The third-order valence-corrected chi connectivity index (χ3v) is 5.97. The molecule has 2 rings (SSSR count). The molecule has 0 saturated heterocycles. The van der Waals surface area contributed by atoms with Gasteiger partial charge in [0.2, 0.25) is 5.95 Å². The predicted octanol–water partition coefficient (Wildman–Crippen LogP) is 6.87. The van der Waals surface area contributed by atoms with E-state index >= 15 is 0 Å². The summed E-state index contributed by atoms with van der Waals surface area (Å²) in [6.07, 6.45) is 3.96. The molecule has 204 valence electrons. The molecule has 7 heteroatoms. The van der Waals surface area contributed by atoms with E-state index in [4.69, 9.17) is 14.4 Å². The van der Waals surface area contributed by atoms with Crippen LogP contribution in [0.2, 0.25) is 0 Å². The zero-order chi connectivity index (χ0) is 27.5. The van der Waals surface area contributed by atoms with E-state index in [0.29, 0.717) is 18.4 Å². The molecule has 2 aromatic rings. The molecule has 0 aliphatic carbocycles.